The molecule has 4 rings (SSSR count). The van der Waals surface area contributed by atoms with Crippen LogP contribution in [0.5, 0.6) is 17.2 Å². The number of benzene rings is 2. The Morgan fingerprint density at radius 3 is 2.32 bits per heavy atom. The van der Waals surface area contributed by atoms with Crippen molar-refractivity contribution in [3.63, 3.8) is 0 Å². The average Bonchev–Trinajstić information content (AvgIpc) is 3.12. The summed E-state index contributed by atoms with van der Waals surface area (Å²) < 4.78 is 41.6. The highest BCUT2D eigenvalue weighted by Gasteiger charge is 2.46. The Balaban J connectivity index is 1.60. The Kier molecular flexibility index (Phi) is 5.69. The van der Waals surface area contributed by atoms with Gasteiger partial charge < -0.3 is 23.7 Å². The predicted octanol–water partition coefficient (Wildman–Crippen LogP) is 4.62. The molecular formula is C22H25FO5. The molecule has 0 bridgehead atoms. The summed E-state index contributed by atoms with van der Waals surface area (Å²) in [6, 6.07) is 13.5. The standard InChI is InChI=1S/C22H25FO5/c1-24-12-26-16-5-3-14(4-6-16)22-20-10-15(23)9-18(20)19-11-17(27-13-25-2)7-8-21(19)28-22/h3-8,11,15,18,20,22H,9-10,12-13H2,1-2H3/t15-,18-,20-,22-/m1/s1. The number of rotatable bonds is 7. The zero-order valence-corrected chi connectivity index (χ0v) is 16.1. The number of hydrogen-bond acceptors (Lipinski definition) is 5. The molecule has 150 valence electrons. The lowest BCUT2D eigenvalue weighted by atomic mass is 9.80. The van der Waals surface area contributed by atoms with Gasteiger partial charge in [0.1, 0.15) is 29.5 Å². The van der Waals surface area contributed by atoms with Crippen LogP contribution >= 0.6 is 0 Å². The van der Waals surface area contributed by atoms with Crippen LogP contribution in [0.4, 0.5) is 4.39 Å². The largest absolute Gasteiger partial charge is 0.485 e. The second-order valence-electron chi connectivity index (χ2n) is 7.25. The van der Waals surface area contributed by atoms with Crippen LogP contribution in [0.3, 0.4) is 0 Å². The second-order valence-corrected chi connectivity index (χ2v) is 7.25. The van der Waals surface area contributed by atoms with Gasteiger partial charge in [-0.15, -0.1) is 0 Å². The maximum atomic E-state index is 14.4. The minimum Gasteiger partial charge on any atom is -0.485 e. The van der Waals surface area contributed by atoms with Crippen LogP contribution in [0.2, 0.25) is 0 Å². The first-order chi connectivity index (χ1) is 13.7. The Hall–Kier alpha value is -2.31. The molecule has 0 radical (unpaired) electrons. The van der Waals surface area contributed by atoms with Crippen LogP contribution in [-0.4, -0.2) is 34.0 Å². The summed E-state index contributed by atoms with van der Waals surface area (Å²) in [5.41, 5.74) is 2.05. The Labute approximate surface area is 164 Å². The lowest BCUT2D eigenvalue weighted by Gasteiger charge is -2.36. The van der Waals surface area contributed by atoms with Crippen molar-refractivity contribution in [2.75, 3.05) is 27.8 Å². The first kappa shape index (κ1) is 19.0. The van der Waals surface area contributed by atoms with Gasteiger partial charge >= 0.3 is 0 Å². The summed E-state index contributed by atoms with van der Waals surface area (Å²) in [5, 5.41) is 0. The predicted molar refractivity (Wildman–Crippen MR) is 102 cm³/mol. The molecule has 2 aromatic rings. The normalized spacial score (nSPS) is 25.5. The van der Waals surface area contributed by atoms with Gasteiger partial charge in [0.2, 0.25) is 0 Å². The molecule has 0 spiro atoms. The van der Waals surface area contributed by atoms with Crippen LogP contribution in [0.1, 0.15) is 36.0 Å². The van der Waals surface area contributed by atoms with Crippen molar-refractivity contribution in [3.05, 3.63) is 53.6 Å². The van der Waals surface area contributed by atoms with Crippen molar-refractivity contribution in [1.29, 1.82) is 0 Å². The molecule has 0 aromatic heterocycles. The fraction of sp³-hybridized carbons (Fsp3) is 0.455. The van der Waals surface area contributed by atoms with Crippen LogP contribution in [0.25, 0.3) is 0 Å². The molecule has 28 heavy (non-hydrogen) atoms. The summed E-state index contributed by atoms with van der Waals surface area (Å²) in [5.74, 6) is 2.44. The monoisotopic (exact) mass is 388 g/mol. The van der Waals surface area contributed by atoms with E-state index >= 15 is 0 Å². The minimum atomic E-state index is -0.820. The van der Waals surface area contributed by atoms with Crippen LogP contribution < -0.4 is 14.2 Å². The fourth-order valence-electron chi connectivity index (χ4n) is 4.26. The maximum absolute atomic E-state index is 14.4. The molecule has 0 saturated heterocycles. The summed E-state index contributed by atoms with van der Waals surface area (Å²) in [6.07, 6.45) is 0.0144. The molecular weight excluding hydrogens is 363 g/mol. The van der Waals surface area contributed by atoms with Crippen LogP contribution in [0.15, 0.2) is 42.5 Å². The van der Waals surface area contributed by atoms with E-state index in [9.17, 15) is 4.39 Å². The lowest BCUT2D eigenvalue weighted by molar-refractivity contribution is 0.0502. The van der Waals surface area contributed by atoms with Crippen molar-refractivity contribution in [2.24, 2.45) is 5.92 Å². The van der Waals surface area contributed by atoms with E-state index in [1.807, 2.05) is 42.5 Å². The zero-order chi connectivity index (χ0) is 19.5. The van der Waals surface area contributed by atoms with E-state index in [-0.39, 0.29) is 31.5 Å². The Bertz CT molecular complexity index is 794. The molecule has 1 aliphatic heterocycles. The highest BCUT2D eigenvalue weighted by atomic mass is 19.1. The minimum absolute atomic E-state index is 0.0888. The van der Waals surface area contributed by atoms with Crippen molar-refractivity contribution in [2.45, 2.75) is 31.0 Å². The molecule has 1 heterocycles. The highest BCUT2D eigenvalue weighted by Crippen LogP contribution is 2.55. The molecule has 4 atom stereocenters. The van der Waals surface area contributed by atoms with Gasteiger partial charge in [-0.3, -0.25) is 0 Å². The molecule has 0 unspecified atom stereocenters. The van der Waals surface area contributed by atoms with Crippen LogP contribution in [0, 0.1) is 5.92 Å². The molecule has 0 amide bonds. The third-order valence-electron chi connectivity index (χ3n) is 5.47. The molecule has 0 N–H and O–H groups in total. The van der Waals surface area contributed by atoms with Gasteiger partial charge in [-0.05, 0) is 54.7 Å². The molecule has 5 nitrogen and oxygen atoms in total. The van der Waals surface area contributed by atoms with E-state index in [0.29, 0.717) is 18.6 Å². The van der Waals surface area contributed by atoms with E-state index in [2.05, 4.69) is 0 Å². The molecule has 1 aliphatic carbocycles. The molecule has 2 aromatic carbocycles. The number of hydrogen-bond donors (Lipinski definition) is 0. The van der Waals surface area contributed by atoms with E-state index in [1.165, 1.54) is 0 Å². The molecule has 1 fully saturated rings. The van der Waals surface area contributed by atoms with Gasteiger partial charge in [0.15, 0.2) is 13.6 Å². The van der Waals surface area contributed by atoms with Crippen molar-refractivity contribution >= 4 is 0 Å². The van der Waals surface area contributed by atoms with Crippen molar-refractivity contribution < 1.29 is 28.1 Å². The summed E-state index contributed by atoms with van der Waals surface area (Å²) in [6.45, 7) is 0.383. The molecule has 6 heteroatoms. The van der Waals surface area contributed by atoms with Gasteiger partial charge in [0, 0.05) is 25.7 Å². The number of alkyl halides is 1. The zero-order valence-electron chi connectivity index (χ0n) is 16.1. The highest BCUT2D eigenvalue weighted by molar-refractivity contribution is 5.46. The Morgan fingerprint density at radius 2 is 1.61 bits per heavy atom. The molecule has 1 saturated carbocycles. The quantitative estimate of drug-likeness (QED) is 0.648. The number of fused-ring (bicyclic) bond motifs is 3. The van der Waals surface area contributed by atoms with Gasteiger partial charge in [-0.2, -0.15) is 0 Å². The maximum Gasteiger partial charge on any atom is 0.188 e. The first-order valence-electron chi connectivity index (χ1n) is 9.47. The Morgan fingerprint density at radius 1 is 0.929 bits per heavy atom. The molecule has 2 aliphatic rings. The SMILES string of the molecule is COCOc1ccc([C@H]2Oc3ccc(OCOC)cc3[C@H]3C[C@@H](F)C[C@H]32)cc1. The van der Waals surface area contributed by atoms with E-state index < -0.39 is 6.17 Å². The van der Waals surface area contributed by atoms with Gasteiger partial charge in [0.25, 0.3) is 0 Å². The van der Waals surface area contributed by atoms with Crippen molar-refractivity contribution in [1.82, 2.24) is 0 Å². The smallest absolute Gasteiger partial charge is 0.188 e. The number of halogens is 1. The first-order valence-corrected chi connectivity index (χ1v) is 9.47. The van der Waals surface area contributed by atoms with E-state index in [4.69, 9.17) is 23.7 Å². The average molecular weight is 388 g/mol. The summed E-state index contributed by atoms with van der Waals surface area (Å²) in [7, 11) is 3.17. The fourth-order valence-corrected chi connectivity index (χ4v) is 4.26. The summed E-state index contributed by atoms with van der Waals surface area (Å²) >= 11 is 0. The van der Waals surface area contributed by atoms with Crippen molar-refractivity contribution in [3.8, 4) is 17.2 Å². The van der Waals surface area contributed by atoms with Gasteiger partial charge in [0.05, 0.1) is 0 Å². The number of ether oxygens (including phenoxy) is 5. The van der Waals surface area contributed by atoms with Crippen LogP contribution in [-0.2, 0) is 9.47 Å². The third kappa shape index (κ3) is 3.80. The van der Waals surface area contributed by atoms with E-state index in [0.717, 1.165) is 22.6 Å². The van der Waals surface area contributed by atoms with Gasteiger partial charge in [-0.1, -0.05) is 12.1 Å². The summed E-state index contributed by atoms with van der Waals surface area (Å²) in [4.78, 5) is 0. The third-order valence-corrected chi connectivity index (χ3v) is 5.47. The second kappa shape index (κ2) is 8.37. The van der Waals surface area contributed by atoms with Gasteiger partial charge in [-0.25, -0.2) is 4.39 Å². The lowest BCUT2D eigenvalue weighted by Crippen LogP contribution is -2.26. The topological polar surface area (TPSA) is 46.2 Å². The van der Waals surface area contributed by atoms with E-state index in [1.54, 1.807) is 14.2 Å². The number of methoxy groups -OCH3 is 2.